The Bertz CT molecular complexity index is 214. The van der Waals surface area contributed by atoms with Crippen LogP contribution in [-0.2, 0) is 14.3 Å². The van der Waals surface area contributed by atoms with E-state index in [1.54, 1.807) is 0 Å². The van der Waals surface area contributed by atoms with Crippen molar-refractivity contribution in [3.63, 3.8) is 0 Å². The maximum atomic E-state index is 11.5. The molecule has 0 aromatic heterocycles. The van der Waals surface area contributed by atoms with Crippen LogP contribution in [0.3, 0.4) is 0 Å². The normalized spacial score (nSPS) is 43.2. The third kappa shape index (κ3) is 1.25. The molecule has 0 unspecified atom stereocenters. The summed E-state index contributed by atoms with van der Waals surface area (Å²) in [5, 5.41) is 0. The lowest BCUT2D eigenvalue weighted by Gasteiger charge is -2.49. The van der Waals surface area contributed by atoms with Gasteiger partial charge in [-0.2, -0.15) is 0 Å². The molecule has 1 saturated carbocycles. The van der Waals surface area contributed by atoms with Crippen molar-refractivity contribution < 1.29 is 14.3 Å². The summed E-state index contributed by atoms with van der Waals surface area (Å²) in [5.74, 6) is -0.241. The second-order valence-corrected chi connectivity index (χ2v) is 4.14. The Morgan fingerprint density at radius 2 is 2.00 bits per heavy atom. The van der Waals surface area contributed by atoms with Crippen molar-refractivity contribution in [1.29, 1.82) is 0 Å². The first-order chi connectivity index (χ1) is 6.10. The number of ether oxygens (including phenoxy) is 2. The zero-order valence-electron chi connectivity index (χ0n) is 7.84. The SMILES string of the molecule is COC(=O)C12CCC(N)(CC1)CO2. The van der Waals surface area contributed by atoms with Crippen LogP contribution in [0, 0.1) is 0 Å². The Kier molecular flexibility index (Phi) is 1.85. The largest absolute Gasteiger partial charge is 0.467 e. The molecule has 4 heteroatoms. The first-order valence-corrected chi connectivity index (χ1v) is 4.62. The van der Waals surface area contributed by atoms with Crippen LogP contribution in [-0.4, -0.2) is 30.8 Å². The lowest BCUT2D eigenvalue weighted by molar-refractivity contribution is -0.196. The lowest BCUT2D eigenvalue weighted by Crippen LogP contribution is -2.62. The summed E-state index contributed by atoms with van der Waals surface area (Å²) in [6.45, 7) is 0.488. The summed E-state index contributed by atoms with van der Waals surface area (Å²) in [7, 11) is 1.40. The second-order valence-electron chi connectivity index (χ2n) is 4.14. The number of fused-ring (bicyclic) bond motifs is 3. The molecule has 1 aliphatic carbocycles. The highest BCUT2D eigenvalue weighted by molar-refractivity contribution is 5.80. The zero-order valence-corrected chi connectivity index (χ0v) is 7.84. The molecule has 4 nitrogen and oxygen atoms in total. The van der Waals surface area contributed by atoms with E-state index in [0.717, 1.165) is 12.8 Å². The highest BCUT2D eigenvalue weighted by atomic mass is 16.6. The average molecular weight is 185 g/mol. The van der Waals surface area contributed by atoms with Gasteiger partial charge in [0.1, 0.15) is 0 Å². The van der Waals surface area contributed by atoms with Crippen molar-refractivity contribution in [2.24, 2.45) is 5.73 Å². The predicted octanol–water partition coefficient (Wildman–Crippen LogP) is 0.200. The molecule has 2 saturated heterocycles. The van der Waals surface area contributed by atoms with E-state index in [0.29, 0.717) is 19.4 Å². The fourth-order valence-electron chi connectivity index (χ4n) is 2.17. The quantitative estimate of drug-likeness (QED) is 0.593. The molecule has 0 radical (unpaired) electrons. The Labute approximate surface area is 77.4 Å². The van der Waals surface area contributed by atoms with E-state index in [1.807, 2.05) is 0 Å². The van der Waals surface area contributed by atoms with Crippen LogP contribution in [0.5, 0.6) is 0 Å². The average Bonchev–Trinajstić information content (AvgIpc) is 2.18. The number of esters is 1. The van der Waals surface area contributed by atoms with E-state index in [2.05, 4.69) is 0 Å². The minimum atomic E-state index is -0.671. The smallest absolute Gasteiger partial charge is 0.338 e. The Balaban J connectivity index is 2.15. The molecule has 3 rings (SSSR count). The minimum absolute atomic E-state index is 0.185. The zero-order chi connectivity index (χ0) is 9.53. The summed E-state index contributed by atoms with van der Waals surface area (Å²) >= 11 is 0. The number of rotatable bonds is 1. The van der Waals surface area contributed by atoms with Gasteiger partial charge in [0.05, 0.1) is 13.7 Å². The van der Waals surface area contributed by atoms with Crippen molar-refractivity contribution in [2.45, 2.75) is 36.8 Å². The van der Waals surface area contributed by atoms with Gasteiger partial charge in [-0.25, -0.2) is 4.79 Å². The van der Waals surface area contributed by atoms with Gasteiger partial charge >= 0.3 is 5.97 Å². The topological polar surface area (TPSA) is 61.5 Å². The summed E-state index contributed by atoms with van der Waals surface area (Å²) in [5.41, 5.74) is 5.16. The van der Waals surface area contributed by atoms with Crippen LogP contribution in [0.1, 0.15) is 25.7 Å². The van der Waals surface area contributed by atoms with Crippen LogP contribution >= 0.6 is 0 Å². The number of methoxy groups -OCH3 is 1. The summed E-state index contributed by atoms with van der Waals surface area (Å²) in [6, 6.07) is 0. The number of hydrogen-bond donors (Lipinski definition) is 1. The van der Waals surface area contributed by atoms with Gasteiger partial charge in [-0.3, -0.25) is 0 Å². The summed E-state index contributed by atoms with van der Waals surface area (Å²) in [4.78, 5) is 11.5. The fourth-order valence-corrected chi connectivity index (χ4v) is 2.17. The number of hydrogen-bond acceptors (Lipinski definition) is 4. The first kappa shape index (κ1) is 8.97. The minimum Gasteiger partial charge on any atom is -0.467 e. The molecule has 74 valence electrons. The van der Waals surface area contributed by atoms with Crippen LogP contribution in [0.25, 0.3) is 0 Å². The van der Waals surface area contributed by atoms with E-state index in [4.69, 9.17) is 15.2 Å². The van der Waals surface area contributed by atoms with E-state index < -0.39 is 5.60 Å². The molecule has 2 N–H and O–H groups in total. The number of nitrogens with two attached hydrogens (primary N) is 1. The standard InChI is InChI=1S/C9H15NO3/c1-12-7(11)9-4-2-8(10,3-5-9)6-13-9/h2-6,10H2,1H3. The Morgan fingerprint density at radius 1 is 1.38 bits per heavy atom. The maximum absolute atomic E-state index is 11.5. The first-order valence-electron chi connectivity index (χ1n) is 4.62. The second kappa shape index (κ2) is 2.69. The van der Waals surface area contributed by atoms with Crippen molar-refractivity contribution in [2.75, 3.05) is 13.7 Å². The van der Waals surface area contributed by atoms with Gasteiger partial charge < -0.3 is 15.2 Å². The van der Waals surface area contributed by atoms with Crippen molar-refractivity contribution >= 4 is 5.97 Å². The molecule has 3 fully saturated rings. The lowest BCUT2D eigenvalue weighted by atomic mass is 9.72. The van der Waals surface area contributed by atoms with Gasteiger partial charge in [-0.15, -0.1) is 0 Å². The Morgan fingerprint density at radius 3 is 2.38 bits per heavy atom. The van der Waals surface area contributed by atoms with E-state index in [9.17, 15) is 4.79 Å². The summed E-state index contributed by atoms with van der Waals surface area (Å²) in [6.07, 6.45) is 3.14. The molecule has 3 aliphatic rings. The number of carbonyl (C=O) groups excluding carboxylic acids is 1. The molecule has 2 aliphatic heterocycles. The molecular formula is C9H15NO3. The van der Waals surface area contributed by atoms with Gasteiger partial charge in [0, 0.05) is 5.54 Å². The molecule has 0 aromatic carbocycles. The molecule has 0 amide bonds. The molecule has 0 atom stereocenters. The van der Waals surface area contributed by atoms with Crippen LogP contribution in [0.15, 0.2) is 0 Å². The molecule has 2 heterocycles. The van der Waals surface area contributed by atoms with Crippen molar-refractivity contribution in [1.82, 2.24) is 0 Å². The third-order valence-electron chi connectivity index (χ3n) is 3.25. The van der Waals surface area contributed by atoms with E-state index in [-0.39, 0.29) is 11.5 Å². The maximum Gasteiger partial charge on any atom is 0.338 e. The molecule has 0 aromatic rings. The van der Waals surface area contributed by atoms with Gasteiger partial charge in [0.2, 0.25) is 0 Å². The van der Waals surface area contributed by atoms with Gasteiger partial charge in [0.25, 0.3) is 0 Å². The van der Waals surface area contributed by atoms with Crippen LogP contribution < -0.4 is 5.73 Å². The summed E-state index contributed by atoms with van der Waals surface area (Å²) < 4.78 is 10.3. The van der Waals surface area contributed by atoms with Crippen molar-refractivity contribution in [3.8, 4) is 0 Å². The third-order valence-corrected chi connectivity index (χ3v) is 3.25. The Hall–Kier alpha value is -0.610. The van der Waals surface area contributed by atoms with Crippen LogP contribution in [0.4, 0.5) is 0 Å². The highest BCUT2D eigenvalue weighted by Crippen LogP contribution is 2.42. The van der Waals surface area contributed by atoms with Gasteiger partial charge in [0.15, 0.2) is 5.60 Å². The van der Waals surface area contributed by atoms with E-state index in [1.165, 1.54) is 7.11 Å². The molecule has 2 bridgehead atoms. The molecular weight excluding hydrogens is 170 g/mol. The fraction of sp³-hybridized carbons (Fsp3) is 0.889. The monoisotopic (exact) mass is 185 g/mol. The van der Waals surface area contributed by atoms with Gasteiger partial charge in [-0.05, 0) is 25.7 Å². The predicted molar refractivity (Wildman–Crippen MR) is 46.1 cm³/mol. The van der Waals surface area contributed by atoms with Gasteiger partial charge in [-0.1, -0.05) is 0 Å². The van der Waals surface area contributed by atoms with E-state index >= 15 is 0 Å². The van der Waals surface area contributed by atoms with Crippen molar-refractivity contribution in [3.05, 3.63) is 0 Å². The highest BCUT2D eigenvalue weighted by Gasteiger charge is 2.53. The molecule has 0 spiro atoms. The van der Waals surface area contributed by atoms with Crippen LogP contribution in [0.2, 0.25) is 0 Å². The molecule has 13 heavy (non-hydrogen) atoms. The number of carbonyl (C=O) groups is 1.